The summed E-state index contributed by atoms with van der Waals surface area (Å²) >= 11 is 0. The monoisotopic (exact) mass is 281 g/mol. The summed E-state index contributed by atoms with van der Waals surface area (Å²) in [6, 6.07) is -0.637. The van der Waals surface area contributed by atoms with Crippen LogP contribution < -0.4 is 16.4 Å². The molecule has 0 saturated heterocycles. The van der Waals surface area contributed by atoms with Crippen molar-refractivity contribution in [3.05, 3.63) is 11.4 Å². The molecule has 1 rings (SSSR count). The first-order valence-corrected chi connectivity index (χ1v) is 6.78. The second kappa shape index (κ2) is 6.93. The first-order valence-electron chi connectivity index (χ1n) is 6.78. The van der Waals surface area contributed by atoms with Crippen LogP contribution in [0.15, 0.2) is 0 Å². The van der Waals surface area contributed by atoms with Crippen molar-refractivity contribution in [1.29, 1.82) is 0 Å². The summed E-state index contributed by atoms with van der Waals surface area (Å²) in [5.41, 5.74) is 6.99. The Kier molecular flexibility index (Phi) is 5.54. The highest BCUT2D eigenvalue weighted by atomic mass is 16.2. The van der Waals surface area contributed by atoms with E-state index in [1.807, 2.05) is 20.8 Å². The number of rotatable bonds is 6. The lowest BCUT2D eigenvalue weighted by atomic mass is 10.2. The molecule has 0 aliphatic carbocycles. The van der Waals surface area contributed by atoms with Gasteiger partial charge in [-0.1, -0.05) is 20.8 Å². The number of nitrogens with two attached hydrogens (primary N) is 1. The first kappa shape index (κ1) is 16.0. The summed E-state index contributed by atoms with van der Waals surface area (Å²) in [5, 5.41) is 11.9. The highest BCUT2D eigenvalue weighted by Gasteiger charge is 2.21. The number of aromatic nitrogens is 2. The maximum absolute atomic E-state index is 12.0. The molecular formula is C13H23N5O2. The number of nitrogens with zero attached hydrogens (tertiary/aromatic N) is 1. The number of nitrogen functional groups attached to an aromatic ring is 1. The quantitative estimate of drug-likeness (QED) is 0.606. The van der Waals surface area contributed by atoms with E-state index in [2.05, 4.69) is 20.8 Å². The number of nitrogens with one attached hydrogen (secondary N) is 3. The van der Waals surface area contributed by atoms with Crippen LogP contribution in [0.4, 0.5) is 5.69 Å². The predicted octanol–water partition coefficient (Wildman–Crippen LogP) is 0.445. The van der Waals surface area contributed by atoms with E-state index in [0.717, 1.165) is 0 Å². The number of hydrogen-bond acceptors (Lipinski definition) is 4. The van der Waals surface area contributed by atoms with Gasteiger partial charge in [0.25, 0.3) is 5.91 Å². The van der Waals surface area contributed by atoms with Crippen LogP contribution in [0, 0.1) is 5.92 Å². The van der Waals surface area contributed by atoms with E-state index >= 15 is 0 Å². The van der Waals surface area contributed by atoms with Crippen LogP contribution in [0.25, 0.3) is 0 Å². The van der Waals surface area contributed by atoms with Gasteiger partial charge in [0.1, 0.15) is 6.04 Å². The van der Waals surface area contributed by atoms with Crippen LogP contribution >= 0.6 is 0 Å². The summed E-state index contributed by atoms with van der Waals surface area (Å²) in [7, 11) is 0. The van der Waals surface area contributed by atoms with Crippen molar-refractivity contribution in [2.75, 3.05) is 12.3 Å². The molecule has 1 aromatic heterocycles. The Bertz CT molecular complexity index is 481. The maximum Gasteiger partial charge on any atom is 0.274 e. The Morgan fingerprint density at radius 2 is 2.00 bits per heavy atom. The molecule has 0 aliphatic heterocycles. The zero-order valence-corrected chi connectivity index (χ0v) is 12.4. The zero-order chi connectivity index (χ0) is 15.3. The summed E-state index contributed by atoms with van der Waals surface area (Å²) in [6.07, 6.45) is 0.663. The fourth-order valence-corrected chi connectivity index (χ4v) is 1.62. The lowest BCUT2D eigenvalue weighted by Gasteiger charge is -2.14. The Balaban J connectivity index is 2.61. The molecule has 1 unspecified atom stereocenters. The minimum absolute atomic E-state index is 0.130. The van der Waals surface area contributed by atoms with E-state index in [9.17, 15) is 9.59 Å². The third-order valence-corrected chi connectivity index (χ3v) is 2.88. The lowest BCUT2D eigenvalue weighted by Crippen LogP contribution is -2.45. The Hall–Kier alpha value is -2.05. The molecule has 0 saturated carbocycles. The van der Waals surface area contributed by atoms with E-state index in [1.54, 1.807) is 6.92 Å². The van der Waals surface area contributed by atoms with Gasteiger partial charge in [-0.3, -0.25) is 14.7 Å². The average Bonchev–Trinajstić information content (AvgIpc) is 2.76. The maximum atomic E-state index is 12.0. The van der Waals surface area contributed by atoms with E-state index in [0.29, 0.717) is 30.3 Å². The minimum atomic E-state index is -0.637. The summed E-state index contributed by atoms with van der Waals surface area (Å²) in [4.78, 5) is 23.8. The Labute approximate surface area is 118 Å². The molecular weight excluding hydrogens is 258 g/mol. The molecule has 1 heterocycles. The summed E-state index contributed by atoms with van der Waals surface area (Å²) < 4.78 is 0. The molecule has 7 nitrogen and oxygen atoms in total. The number of aryl methyl sites for hydroxylation is 1. The molecule has 0 aromatic carbocycles. The molecule has 0 fully saturated rings. The number of hydrogen-bond donors (Lipinski definition) is 4. The van der Waals surface area contributed by atoms with Crippen molar-refractivity contribution in [2.45, 2.75) is 40.2 Å². The van der Waals surface area contributed by atoms with Gasteiger partial charge in [0, 0.05) is 6.54 Å². The van der Waals surface area contributed by atoms with Crippen LogP contribution in [0.5, 0.6) is 0 Å². The van der Waals surface area contributed by atoms with E-state index in [1.165, 1.54) is 0 Å². The fourth-order valence-electron chi connectivity index (χ4n) is 1.62. The number of carbonyl (C=O) groups is 2. The Morgan fingerprint density at radius 3 is 2.50 bits per heavy atom. The SMILES string of the molecule is CCc1[nH]nc(C(=O)NC(C)C(=O)NCC(C)C)c1N. The second-order valence-corrected chi connectivity index (χ2v) is 5.15. The molecule has 1 aromatic rings. The zero-order valence-electron chi connectivity index (χ0n) is 12.4. The molecule has 0 aliphatic rings. The number of anilines is 1. The fraction of sp³-hybridized carbons (Fsp3) is 0.615. The molecule has 5 N–H and O–H groups in total. The van der Waals surface area contributed by atoms with Crippen molar-refractivity contribution in [3.63, 3.8) is 0 Å². The van der Waals surface area contributed by atoms with Gasteiger partial charge in [0.05, 0.1) is 11.4 Å². The van der Waals surface area contributed by atoms with Gasteiger partial charge in [-0.15, -0.1) is 0 Å². The molecule has 2 amide bonds. The van der Waals surface area contributed by atoms with E-state index in [-0.39, 0.29) is 11.6 Å². The number of amides is 2. The van der Waals surface area contributed by atoms with Crippen molar-refractivity contribution in [3.8, 4) is 0 Å². The third-order valence-electron chi connectivity index (χ3n) is 2.88. The number of aromatic amines is 1. The highest BCUT2D eigenvalue weighted by Crippen LogP contribution is 2.14. The van der Waals surface area contributed by atoms with Crippen molar-refractivity contribution in [1.82, 2.24) is 20.8 Å². The third kappa shape index (κ3) is 3.97. The minimum Gasteiger partial charge on any atom is -0.395 e. The molecule has 0 radical (unpaired) electrons. The predicted molar refractivity (Wildman–Crippen MR) is 77.2 cm³/mol. The van der Waals surface area contributed by atoms with Crippen LogP contribution in [0.1, 0.15) is 43.9 Å². The second-order valence-electron chi connectivity index (χ2n) is 5.15. The molecule has 0 bridgehead atoms. The largest absolute Gasteiger partial charge is 0.395 e. The van der Waals surface area contributed by atoms with Crippen molar-refractivity contribution in [2.24, 2.45) is 5.92 Å². The van der Waals surface area contributed by atoms with Gasteiger partial charge in [-0.25, -0.2) is 0 Å². The van der Waals surface area contributed by atoms with Gasteiger partial charge in [-0.05, 0) is 19.3 Å². The van der Waals surface area contributed by atoms with Crippen molar-refractivity contribution >= 4 is 17.5 Å². The van der Waals surface area contributed by atoms with E-state index in [4.69, 9.17) is 5.73 Å². The Morgan fingerprint density at radius 1 is 1.35 bits per heavy atom. The molecule has 0 spiro atoms. The topological polar surface area (TPSA) is 113 Å². The standard InChI is InChI=1S/C13H23N5O2/c1-5-9-10(14)11(18-17-9)13(20)16-8(4)12(19)15-6-7(2)3/h7-8H,5-6,14H2,1-4H3,(H,15,19)(H,16,20)(H,17,18). The normalized spacial score (nSPS) is 12.2. The van der Waals surface area contributed by atoms with Crippen LogP contribution in [-0.2, 0) is 11.2 Å². The number of carbonyl (C=O) groups excluding carboxylic acids is 2. The van der Waals surface area contributed by atoms with Gasteiger partial charge in [0.15, 0.2) is 5.69 Å². The first-order chi connectivity index (χ1) is 9.36. The van der Waals surface area contributed by atoms with Crippen molar-refractivity contribution < 1.29 is 9.59 Å². The molecule has 7 heteroatoms. The molecule has 112 valence electrons. The van der Waals surface area contributed by atoms with Gasteiger partial charge in [0.2, 0.25) is 5.91 Å². The highest BCUT2D eigenvalue weighted by molar-refractivity contribution is 6.00. The van der Waals surface area contributed by atoms with Crippen LogP contribution in [0.3, 0.4) is 0 Å². The van der Waals surface area contributed by atoms with Crippen LogP contribution in [0.2, 0.25) is 0 Å². The van der Waals surface area contributed by atoms with Gasteiger partial charge < -0.3 is 16.4 Å². The van der Waals surface area contributed by atoms with Crippen LogP contribution in [-0.4, -0.2) is 34.6 Å². The smallest absolute Gasteiger partial charge is 0.274 e. The molecule has 20 heavy (non-hydrogen) atoms. The molecule has 1 atom stereocenters. The summed E-state index contributed by atoms with van der Waals surface area (Å²) in [5.74, 6) is -0.321. The van der Waals surface area contributed by atoms with Gasteiger partial charge in [-0.2, -0.15) is 5.10 Å². The van der Waals surface area contributed by atoms with E-state index < -0.39 is 11.9 Å². The van der Waals surface area contributed by atoms with Gasteiger partial charge >= 0.3 is 0 Å². The number of H-pyrrole nitrogens is 1. The lowest BCUT2D eigenvalue weighted by molar-refractivity contribution is -0.122. The average molecular weight is 281 g/mol. The summed E-state index contributed by atoms with van der Waals surface area (Å²) in [6.45, 7) is 8.11.